The fourth-order valence-corrected chi connectivity index (χ4v) is 4.02. The van der Waals surface area contributed by atoms with E-state index in [2.05, 4.69) is 15.2 Å². The number of carbonyl (C=O) groups excluding carboxylic acids is 1. The predicted octanol–water partition coefficient (Wildman–Crippen LogP) is 2.50. The fourth-order valence-electron chi connectivity index (χ4n) is 2.78. The molecule has 7 nitrogen and oxygen atoms in total. The summed E-state index contributed by atoms with van der Waals surface area (Å²) < 4.78 is 46.1. The van der Waals surface area contributed by atoms with Gasteiger partial charge in [-0.3, -0.25) is 9.52 Å². The van der Waals surface area contributed by atoms with Crippen molar-refractivity contribution in [1.82, 2.24) is 5.43 Å². The van der Waals surface area contributed by atoms with Gasteiger partial charge in [0.1, 0.15) is 16.5 Å². The van der Waals surface area contributed by atoms with Crippen LogP contribution in [0.4, 0.5) is 10.1 Å². The van der Waals surface area contributed by atoms with Gasteiger partial charge in [0.15, 0.2) is 0 Å². The van der Waals surface area contributed by atoms with Gasteiger partial charge in [-0.15, -0.1) is 0 Å². The van der Waals surface area contributed by atoms with Crippen molar-refractivity contribution in [2.75, 3.05) is 11.8 Å². The van der Waals surface area contributed by atoms with Crippen LogP contribution in [0, 0.1) is 11.7 Å². The number of hydrogen-bond acceptors (Lipinski definition) is 5. The van der Waals surface area contributed by atoms with Gasteiger partial charge in [0.2, 0.25) is 5.91 Å². The molecular weight excluding hydrogens is 373 g/mol. The summed E-state index contributed by atoms with van der Waals surface area (Å²) in [5.41, 5.74) is 4.24. The van der Waals surface area contributed by atoms with Crippen LogP contribution in [0.15, 0.2) is 52.5 Å². The SMILES string of the molecule is COc1ccc(F)cc1S(=O)(=O)Nc1ccc(C2=NNC(=O)C[C@H]2C)cc1. The third-order valence-corrected chi connectivity index (χ3v) is 5.51. The van der Waals surface area contributed by atoms with Crippen LogP contribution in [0.5, 0.6) is 5.75 Å². The van der Waals surface area contributed by atoms with E-state index in [9.17, 15) is 17.6 Å². The van der Waals surface area contributed by atoms with Crippen LogP contribution in [0.25, 0.3) is 0 Å². The molecule has 2 aromatic carbocycles. The molecule has 2 aromatic rings. The molecule has 142 valence electrons. The summed E-state index contributed by atoms with van der Waals surface area (Å²) in [6, 6.07) is 9.83. The molecule has 1 heterocycles. The normalized spacial score (nSPS) is 17.1. The molecule has 0 aromatic heterocycles. The summed E-state index contributed by atoms with van der Waals surface area (Å²) in [4.78, 5) is 11.1. The molecule has 1 amide bonds. The highest BCUT2D eigenvalue weighted by Gasteiger charge is 2.23. The van der Waals surface area contributed by atoms with Crippen molar-refractivity contribution < 1.29 is 22.3 Å². The van der Waals surface area contributed by atoms with Crippen LogP contribution in [0.1, 0.15) is 18.9 Å². The summed E-state index contributed by atoms with van der Waals surface area (Å²) in [5.74, 6) is -0.822. The second-order valence-corrected chi connectivity index (χ2v) is 7.77. The lowest BCUT2D eigenvalue weighted by molar-refractivity contribution is -0.121. The van der Waals surface area contributed by atoms with Crippen molar-refractivity contribution in [3.05, 3.63) is 53.8 Å². The number of anilines is 1. The Morgan fingerprint density at radius 3 is 2.56 bits per heavy atom. The lowest BCUT2D eigenvalue weighted by Crippen LogP contribution is -2.31. The molecule has 0 spiro atoms. The Balaban J connectivity index is 1.84. The van der Waals surface area contributed by atoms with Crippen molar-refractivity contribution >= 4 is 27.3 Å². The lowest BCUT2D eigenvalue weighted by atomic mass is 9.94. The van der Waals surface area contributed by atoms with E-state index >= 15 is 0 Å². The second-order valence-electron chi connectivity index (χ2n) is 6.12. The van der Waals surface area contributed by atoms with Crippen LogP contribution in [0.3, 0.4) is 0 Å². The minimum absolute atomic E-state index is 0.0432. The molecule has 2 N–H and O–H groups in total. The number of carbonyl (C=O) groups is 1. The Bertz CT molecular complexity index is 1000. The first-order valence-electron chi connectivity index (χ1n) is 8.13. The van der Waals surface area contributed by atoms with Crippen molar-refractivity contribution in [2.24, 2.45) is 11.0 Å². The number of hydrogen-bond donors (Lipinski definition) is 2. The van der Waals surface area contributed by atoms with E-state index in [1.807, 2.05) is 6.92 Å². The summed E-state index contributed by atoms with van der Waals surface area (Å²) in [7, 11) is -2.73. The highest BCUT2D eigenvalue weighted by atomic mass is 32.2. The molecule has 0 saturated carbocycles. The molecule has 0 saturated heterocycles. The van der Waals surface area contributed by atoms with Crippen LogP contribution >= 0.6 is 0 Å². The smallest absolute Gasteiger partial charge is 0.265 e. The maximum atomic E-state index is 13.5. The Hall–Kier alpha value is -2.94. The quantitative estimate of drug-likeness (QED) is 0.818. The first-order valence-corrected chi connectivity index (χ1v) is 9.61. The largest absolute Gasteiger partial charge is 0.495 e. The number of ether oxygens (including phenoxy) is 1. The third-order valence-electron chi connectivity index (χ3n) is 4.11. The number of amides is 1. The van der Waals surface area contributed by atoms with Gasteiger partial charge < -0.3 is 4.74 Å². The molecule has 0 fully saturated rings. The van der Waals surface area contributed by atoms with Gasteiger partial charge in [0.25, 0.3) is 10.0 Å². The molecule has 0 unspecified atom stereocenters. The Morgan fingerprint density at radius 2 is 1.93 bits per heavy atom. The van der Waals surface area contributed by atoms with Crippen molar-refractivity contribution in [1.29, 1.82) is 0 Å². The zero-order valence-corrected chi connectivity index (χ0v) is 15.5. The van der Waals surface area contributed by atoms with E-state index in [0.29, 0.717) is 12.1 Å². The average Bonchev–Trinajstić information content (AvgIpc) is 2.62. The standard InChI is InChI=1S/C18H18FN3O4S/c1-11-9-17(23)20-21-18(11)12-3-6-14(7-4-12)22-27(24,25)16-10-13(19)5-8-15(16)26-2/h3-8,10-11,22H,9H2,1-2H3,(H,20,23)/t11-/m1/s1. The Labute approximate surface area is 156 Å². The van der Waals surface area contributed by atoms with Crippen LogP contribution in [-0.4, -0.2) is 27.1 Å². The molecule has 1 atom stereocenters. The zero-order valence-electron chi connectivity index (χ0n) is 14.7. The summed E-state index contributed by atoms with van der Waals surface area (Å²) in [6.07, 6.45) is 0.340. The number of methoxy groups -OCH3 is 1. The van der Waals surface area contributed by atoms with E-state index in [-0.39, 0.29) is 22.5 Å². The molecule has 1 aliphatic heterocycles. The predicted molar refractivity (Wildman–Crippen MR) is 98.7 cm³/mol. The number of hydrazone groups is 1. The maximum absolute atomic E-state index is 13.5. The van der Waals surface area contributed by atoms with Gasteiger partial charge in [-0.05, 0) is 35.9 Å². The highest BCUT2D eigenvalue weighted by molar-refractivity contribution is 7.92. The van der Waals surface area contributed by atoms with E-state index in [0.717, 1.165) is 23.4 Å². The van der Waals surface area contributed by atoms with Gasteiger partial charge in [-0.2, -0.15) is 5.10 Å². The number of nitrogens with zero attached hydrogens (tertiary/aromatic N) is 1. The summed E-state index contributed by atoms with van der Waals surface area (Å²) in [5, 5.41) is 4.07. The Kier molecular flexibility index (Phi) is 5.13. The van der Waals surface area contributed by atoms with Crippen LogP contribution in [0.2, 0.25) is 0 Å². The number of sulfonamides is 1. The monoisotopic (exact) mass is 391 g/mol. The van der Waals surface area contributed by atoms with Crippen LogP contribution < -0.4 is 14.9 Å². The lowest BCUT2D eigenvalue weighted by Gasteiger charge is -2.19. The third kappa shape index (κ3) is 4.08. The van der Waals surface area contributed by atoms with E-state index in [4.69, 9.17) is 4.74 Å². The number of nitrogens with one attached hydrogen (secondary N) is 2. The van der Waals surface area contributed by atoms with Crippen molar-refractivity contribution in [3.63, 3.8) is 0 Å². The number of rotatable bonds is 5. The van der Waals surface area contributed by atoms with Gasteiger partial charge >= 0.3 is 0 Å². The fraction of sp³-hybridized carbons (Fsp3) is 0.222. The van der Waals surface area contributed by atoms with Crippen molar-refractivity contribution in [2.45, 2.75) is 18.2 Å². The minimum atomic E-state index is -4.04. The average molecular weight is 391 g/mol. The Morgan fingerprint density at radius 1 is 1.22 bits per heavy atom. The topological polar surface area (TPSA) is 96.9 Å². The molecule has 3 rings (SSSR count). The van der Waals surface area contributed by atoms with Gasteiger partial charge in [-0.25, -0.2) is 18.2 Å². The number of benzene rings is 2. The van der Waals surface area contributed by atoms with Crippen LogP contribution in [-0.2, 0) is 14.8 Å². The molecule has 0 bridgehead atoms. The molecule has 27 heavy (non-hydrogen) atoms. The van der Waals surface area contributed by atoms with E-state index in [1.54, 1.807) is 24.3 Å². The highest BCUT2D eigenvalue weighted by Crippen LogP contribution is 2.27. The summed E-state index contributed by atoms with van der Waals surface area (Å²) >= 11 is 0. The van der Waals surface area contributed by atoms with Crippen molar-refractivity contribution in [3.8, 4) is 5.75 Å². The second kappa shape index (κ2) is 7.36. The van der Waals surface area contributed by atoms with E-state index in [1.165, 1.54) is 13.2 Å². The first kappa shape index (κ1) is 18.8. The first-order chi connectivity index (χ1) is 12.8. The molecule has 0 radical (unpaired) electrons. The van der Waals surface area contributed by atoms with Gasteiger partial charge in [0.05, 0.1) is 12.8 Å². The molecule has 9 heteroatoms. The number of halogens is 1. The van der Waals surface area contributed by atoms with Gasteiger partial charge in [0, 0.05) is 18.0 Å². The zero-order chi connectivity index (χ0) is 19.6. The van der Waals surface area contributed by atoms with E-state index < -0.39 is 15.8 Å². The molecular formula is C18H18FN3O4S. The minimum Gasteiger partial charge on any atom is -0.495 e. The molecule has 1 aliphatic rings. The molecule has 0 aliphatic carbocycles. The summed E-state index contributed by atoms with van der Waals surface area (Å²) in [6.45, 7) is 1.89. The maximum Gasteiger partial charge on any atom is 0.265 e. The van der Waals surface area contributed by atoms with Gasteiger partial charge in [-0.1, -0.05) is 19.1 Å².